The fourth-order valence-corrected chi connectivity index (χ4v) is 1.71. The van der Waals surface area contributed by atoms with Gasteiger partial charge in [0.2, 0.25) is 5.95 Å². The van der Waals surface area contributed by atoms with Gasteiger partial charge in [0.15, 0.2) is 0 Å². The van der Waals surface area contributed by atoms with Crippen LogP contribution in [0, 0.1) is 18.3 Å². The Kier molecular flexibility index (Phi) is 3.44. The van der Waals surface area contributed by atoms with Gasteiger partial charge in [0.05, 0.1) is 16.1 Å². The van der Waals surface area contributed by atoms with Crippen molar-refractivity contribution in [3.63, 3.8) is 0 Å². The van der Waals surface area contributed by atoms with Gasteiger partial charge in [0.1, 0.15) is 5.82 Å². The van der Waals surface area contributed by atoms with Gasteiger partial charge in [0.25, 0.3) is 0 Å². The summed E-state index contributed by atoms with van der Waals surface area (Å²) in [6, 6.07) is 7.50. The molecule has 6 heteroatoms. The van der Waals surface area contributed by atoms with Crippen LogP contribution in [0.2, 0.25) is 0 Å². The van der Waals surface area contributed by atoms with E-state index in [1.165, 1.54) is 0 Å². The second-order valence-corrected chi connectivity index (χ2v) is 4.55. The van der Waals surface area contributed by atoms with Crippen LogP contribution in [-0.2, 0) is 0 Å². The van der Waals surface area contributed by atoms with E-state index in [1.54, 1.807) is 18.3 Å². The first-order chi connectivity index (χ1) is 8.60. The molecule has 0 aliphatic rings. The number of nitrogens with one attached hydrogen (secondary N) is 1. The lowest BCUT2D eigenvalue weighted by atomic mass is 10.1. The number of anilines is 3. The Labute approximate surface area is 113 Å². The Hall–Kier alpha value is -2.13. The van der Waals surface area contributed by atoms with E-state index in [2.05, 4.69) is 37.3 Å². The number of nitrogens with zero attached hydrogens (tertiary/aromatic N) is 3. The van der Waals surface area contributed by atoms with Gasteiger partial charge in [-0.3, -0.25) is 0 Å². The van der Waals surface area contributed by atoms with Crippen LogP contribution in [0.5, 0.6) is 0 Å². The number of halogens is 1. The van der Waals surface area contributed by atoms with Gasteiger partial charge in [-0.2, -0.15) is 10.2 Å². The third-order valence-corrected chi connectivity index (χ3v) is 2.96. The number of benzene rings is 1. The van der Waals surface area contributed by atoms with Gasteiger partial charge in [-0.15, -0.1) is 0 Å². The molecular weight excluding hydrogens is 294 g/mol. The molecule has 1 heterocycles. The van der Waals surface area contributed by atoms with Crippen molar-refractivity contribution in [1.29, 1.82) is 5.26 Å². The highest BCUT2D eigenvalue weighted by Gasteiger charge is 2.06. The molecule has 18 heavy (non-hydrogen) atoms. The van der Waals surface area contributed by atoms with Crippen molar-refractivity contribution in [2.75, 3.05) is 11.1 Å². The summed E-state index contributed by atoms with van der Waals surface area (Å²) in [4.78, 5) is 7.95. The van der Waals surface area contributed by atoms with E-state index in [-0.39, 0.29) is 5.95 Å². The van der Waals surface area contributed by atoms with E-state index in [1.807, 2.05) is 13.0 Å². The normalized spacial score (nSPS) is 9.83. The van der Waals surface area contributed by atoms with Crippen molar-refractivity contribution in [1.82, 2.24) is 9.97 Å². The molecule has 0 radical (unpaired) electrons. The summed E-state index contributed by atoms with van der Waals surface area (Å²) in [6.07, 6.45) is 1.58. The maximum absolute atomic E-state index is 8.89. The predicted octanol–water partition coefficient (Wildman–Crippen LogP) is 2.74. The highest BCUT2D eigenvalue weighted by Crippen LogP contribution is 2.26. The molecule has 0 saturated carbocycles. The maximum atomic E-state index is 8.89. The number of hydrogen-bond acceptors (Lipinski definition) is 5. The highest BCUT2D eigenvalue weighted by molar-refractivity contribution is 9.10. The Balaban J connectivity index is 2.39. The summed E-state index contributed by atoms with van der Waals surface area (Å²) in [7, 11) is 0. The molecule has 90 valence electrons. The molecule has 0 unspecified atom stereocenters. The van der Waals surface area contributed by atoms with Gasteiger partial charge in [-0.1, -0.05) is 6.07 Å². The lowest BCUT2D eigenvalue weighted by molar-refractivity contribution is 1.17. The van der Waals surface area contributed by atoms with Crippen LogP contribution in [0.25, 0.3) is 0 Å². The Morgan fingerprint density at radius 2 is 2.22 bits per heavy atom. The summed E-state index contributed by atoms with van der Waals surface area (Å²) in [5.74, 6) is 0.760. The zero-order valence-electron chi connectivity index (χ0n) is 9.61. The molecule has 0 amide bonds. The highest BCUT2D eigenvalue weighted by atomic mass is 79.9. The first kappa shape index (κ1) is 12.3. The summed E-state index contributed by atoms with van der Waals surface area (Å²) in [5, 5.41) is 12.0. The van der Waals surface area contributed by atoms with E-state index in [4.69, 9.17) is 11.0 Å². The van der Waals surface area contributed by atoms with Crippen LogP contribution in [0.4, 0.5) is 17.5 Å². The Morgan fingerprint density at radius 1 is 1.44 bits per heavy atom. The van der Waals surface area contributed by atoms with Crippen LogP contribution < -0.4 is 11.1 Å². The fourth-order valence-electron chi connectivity index (χ4n) is 1.42. The van der Waals surface area contributed by atoms with Gasteiger partial charge in [0, 0.05) is 11.9 Å². The molecule has 0 aliphatic carbocycles. The molecular formula is C12H10BrN5. The predicted molar refractivity (Wildman–Crippen MR) is 73.3 cm³/mol. The summed E-state index contributed by atoms with van der Waals surface area (Å²) in [6.45, 7) is 1.95. The van der Waals surface area contributed by atoms with E-state index >= 15 is 0 Å². The largest absolute Gasteiger partial charge is 0.368 e. The topological polar surface area (TPSA) is 87.6 Å². The second-order valence-electron chi connectivity index (χ2n) is 3.69. The quantitative estimate of drug-likeness (QED) is 0.890. The zero-order chi connectivity index (χ0) is 13.1. The third kappa shape index (κ3) is 2.57. The second kappa shape index (κ2) is 5.02. The molecule has 0 spiro atoms. The van der Waals surface area contributed by atoms with Gasteiger partial charge >= 0.3 is 0 Å². The molecule has 0 saturated heterocycles. The van der Waals surface area contributed by atoms with Crippen molar-refractivity contribution in [2.24, 2.45) is 0 Å². The lowest BCUT2D eigenvalue weighted by Crippen LogP contribution is -2.01. The number of nitriles is 1. The molecule has 1 aromatic heterocycles. The standard InChI is InChI=1S/C12H10BrN5/c1-7-2-3-8(5-14)4-10(7)17-11-9(13)6-16-12(15)18-11/h2-4,6H,1H3,(H3,15,16,17,18). The van der Waals surface area contributed by atoms with Crippen molar-refractivity contribution < 1.29 is 0 Å². The van der Waals surface area contributed by atoms with Crippen LogP contribution >= 0.6 is 15.9 Å². The molecule has 2 aromatic rings. The molecule has 3 N–H and O–H groups in total. The van der Waals surface area contributed by atoms with Crippen LogP contribution in [0.1, 0.15) is 11.1 Å². The molecule has 1 aromatic carbocycles. The zero-order valence-corrected chi connectivity index (χ0v) is 11.2. The lowest BCUT2D eigenvalue weighted by Gasteiger charge is -2.10. The monoisotopic (exact) mass is 303 g/mol. The fraction of sp³-hybridized carbons (Fsp3) is 0.0833. The first-order valence-corrected chi connectivity index (χ1v) is 5.95. The molecule has 0 aliphatic heterocycles. The van der Waals surface area contributed by atoms with Crippen molar-refractivity contribution in [2.45, 2.75) is 6.92 Å². The number of nitrogen functional groups attached to an aromatic ring is 1. The van der Waals surface area contributed by atoms with Crippen molar-refractivity contribution >= 4 is 33.4 Å². The molecule has 0 atom stereocenters. The average molecular weight is 304 g/mol. The number of rotatable bonds is 2. The average Bonchev–Trinajstić information content (AvgIpc) is 2.36. The minimum absolute atomic E-state index is 0.190. The molecule has 0 bridgehead atoms. The third-order valence-electron chi connectivity index (χ3n) is 2.38. The Morgan fingerprint density at radius 3 is 2.94 bits per heavy atom. The van der Waals surface area contributed by atoms with Gasteiger partial charge < -0.3 is 11.1 Å². The maximum Gasteiger partial charge on any atom is 0.222 e. The molecule has 0 fully saturated rings. The molecule has 5 nitrogen and oxygen atoms in total. The van der Waals surface area contributed by atoms with E-state index in [0.717, 1.165) is 11.3 Å². The Bertz CT molecular complexity index is 633. The molecule has 2 rings (SSSR count). The number of aromatic nitrogens is 2. The van der Waals surface area contributed by atoms with Crippen molar-refractivity contribution in [3.05, 3.63) is 40.0 Å². The minimum Gasteiger partial charge on any atom is -0.368 e. The first-order valence-electron chi connectivity index (χ1n) is 5.16. The van der Waals surface area contributed by atoms with Crippen LogP contribution in [-0.4, -0.2) is 9.97 Å². The van der Waals surface area contributed by atoms with Crippen molar-refractivity contribution in [3.8, 4) is 6.07 Å². The van der Waals surface area contributed by atoms with E-state index in [9.17, 15) is 0 Å². The van der Waals surface area contributed by atoms with E-state index in [0.29, 0.717) is 15.9 Å². The summed E-state index contributed by atoms with van der Waals surface area (Å²) in [5.41, 5.74) is 7.95. The van der Waals surface area contributed by atoms with E-state index < -0.39 is 0 Å². The van der Waals surface area contributed by atoms with Gasteiger partial charge in [-0.25, -0.2) is 4.98 Å². The number of hydrogen-bond donors (Lipinski definition) is 2. The number of aryl methyl sites for hydroxylation is 1. The van der Waals surface area contributed by atoms with Gasteiger partial charge in [-0.05, 0) is 40.5 Å². The number of nitrogens with two attached hydrogens (primary N) is 1. The smallest absolute Gasteiger partial charge is 0.222 e. The summed E-state index contributed by atoms with van der Waals surface area (Å²) < 4.78 is 0.707. The van der Waals surface area contributed by atoms with Crippen LogP contribution in [0.15, 0.2) is 28.9 Å². The minimum atomic E-state index is 0.190. The van der Waals surface area contributed by atoms with Crippen LogP contribution in [0.3, 0.4) is 0 Å². The summed E-state index contributed by atoms with van der Waals surface area (Å²) >= 11 is 3.34. The SMILES string of the molecule is Cc1ccc(C#N)cc1Nc1nc(N)ncc1Br.